The third-order valence-corrected chi connectivity index (χ3v) is 5.49. The standard InChI is InChI=1S/C25H27N5O2/c31-24(18-26-25(32)20-8-4-3-5-9-20)27-21-12-10-19(11-13-21)22-14-15-23(29-28-22)30-16-6-1-2-7-17-30/h3-5,8-15H,1-2,6-7,16-18H2,(H,26,32)(H,27,31). The van der Waals surface area contributed by atoms with E-state index in [-0.39, 0.29) is 18.4 Å². The summed E-state index contributed by atoms with van der Waals surface area (Å²) >= 11 is 0. The summed E-state index contributed by atoms with van der Waals surface area (Å²) in [6.07, 6.45) is 4.97. The van der Waals surface area contributed by atoms with Gasteiger partial charge < -0.3 is 15.5 Å². The molecular formula is C25H27N5O2. The molecule has 2 aromatic carbocycles. The molecule has 2 N–H and O–H groups in total. The largest absolute Gasteiger partial charge is 0.355 e. The first-order chi connectivity index (χ1) is 15.7. The summed E-state index contributed by atoms with van der Waals surface area (Å²) in [5, 5.41) is 14.2. The van der Waals surface area contributed by atoms with Crippen LogP contribution in [0.5, 0.6) is 0 Å². The van der Waals surface area contributed by atoms with E-state index in [1.165, 1.54) is 25.7 Å². The lowest BCUT2D eigenvalue weighted by Crippen LogP contribution is -2.32. The smallest absolute Gasteiger partial charge is 0.251 e. The molecule has 1 aromatic heterocycles. The maximum atomic E-state index is 12.2. The summed E-state index contributed by atoms with van der Waals surface area (Å²) in [4.78, 5) is 26.5. The van der Waals surface area contributed by atoms with Gasteiger partial charge in [-0.25, -0.2) is 0 Å². The zero-order valence-corrected chi connectivity index (χ0v) is 18.0. The lowest BCUT2D eigenvalue weighted by molar-refractivity contribution is -0.115. The molecule has 0 bridgehead atoms. The van der Waals surface area contributed by atoms with E-state index < -0.39 is 0 Å². The number of aromatic nitrogens is 2. The minimum absolute atomic E-state index is 0.0983. The van der Waals surface area contributed by atoms with E-state index in [1.54, 1.807) is 24.3 Å². The Kier molecular flexibility index (Phi) is 7.07. The number of carbonyl (C=O) groups is 2. The first-order valence-corrected chi connectivity index (χ1v) is 11.0. The van der Waals surface area contributed by atoms with E-state index >= 15 is 0 Å². The summed E-state index contributed by atoms with van der Waals surface area (Å²) in [5.74, 6) is 0.360. The van der Waals surface area contributed by atoms with Crippen molar-refractivity contribution < 1.29 is 9.59 Å². The van der Waals surface area contributed by atoms with Crippen molar-refractivity contribution in [2.75, 3.05) is 29.9 Å². The lowest BCUT2D eigenvalue weighted by Gasteiger charge is -2.20. The van der Waals surface area contributed by atoms with Gasteiger partial charge in [0.05, 0.1) is 12.2 Å². The van der Waals surface area contributed by atoms with Crippen LogP contribution in [-0.2, 0) is 4.79 Å². The van der Waals surface area contributed by atoms with Gasteiger partial charge in [-0.05, 0) is 49.2 Å². The van der Waals surface area contributed by atoms with E-state index in [9.17, 15) is 9.59 Å². The van der Waals surface area contributed by atoms with Crippen LogP contribution < -0.4 is 15.5 Å². The van der Waals surface area contributed by atoms with Crippen LogP contribution in [0.1, 0.15) is 36.0 Å². The van der Waals surface area contributed by atoms with Gasteiger partial charge in [-0.1, -0.05) is 43.2 Å². The van der Waals surface area contributed by atoms with Crippen LogP contribution in [0.4, 0.5) is 11.5 Å². The molecule has 0 saturated carbocycles. The monoisotopic (exact) mass is 429 g/mol. The van der Waals surface area contributed by atoms with Gasteiger partial charge in [-0.2, -0.15) is 0 Å². The normalized spacial score (nSPS) is 13.8. The number of benzene rings is 2. The fourth-order valence-corrected chi connectivity index (χ4v) is 3.73. The lowest BCUT2D eigenvalue weighted by atomic mass is 10.1. The third-order valence-electron chi connectivity index (χ3n) is 5.49. The highest BCUT2D eigenvalue weighted by molar-refractivity contribution is 5.99. The number of hydrogen-bond acceptors (Lipinski definition) is 5. The van der Waals surface area contributed by atoms with Gasteiger partial charge in [-0.15, -0.1) is 10.2 Å². The van der Waals surface area contributed by atoms with Gasteiger partial charge in [0.25, 0.3) is 5.91 Å². The van der Waals surface area contributed by atoms with E-state index in [2.05, 4.69) is 25.7 Å². The summed E-state index contributed by atoms with van der Waals surface area (Å²) in [6.45, 7) is 1.97. The number of nitrogens with one attached hydrogen (secondary N) is 2. The highest BCUT2D eigenvalue weighted by Crippen LogP contribution is 2.22. The van der Waals surface area contributed by atoms with Crippen LogP contribution in [0.25, 0.3) is 11.3 Å². The molecule has 1 aliphatic rings. The first kappa shape index (κ1) is 21.5. The zero-order valence-electron chi connectivity index (χ0n) is 18.0. The molecule has 0 aliphatic carbocycles. The molecule has 164 valence electrons. The highest BCUT2D eigenvalue weighted by Gasteiger charge is 2.12. The van der Waals surface area contributed by atoms with Crippen LogP contribution >= 0.6 is 0 Å². The number of rotatable bonds is 6. The molecule has 1 aliphatic heterocycles. The summed E-state index contributed by atoms with van der Waals surface area (Å²) in [5.41, 5.74) is 2.89. The Morgan fingerprint density at radius 1 is 0.812 bits per heavy atom. The molecule has 0 atom stereocenters. The maximum absolute atomic E-state index is 12.2. The van der Waals surface area contributed by atoms with Gasteiger partial charge in [0.1, 0.15) is 0 Å². The third kappa shape index (κ3) is 5.69. The van der Waals surface area contributed by atoms with Crippen LogP contribution in [0.15, 0.2) is 66.7 Å². The van der Waals surface area contributed by atoms with Gasteiger partial charge in [0.15, 0.2) is 5.82 Å². The second kappa shape index (κ2) is 10.5. The van der Waals surface area contributed by atoms with Crippen molar-refractivity contribution in [2.45, 2.75) is 25.7 Å². The summed E-state index contributed by atoms with van der Waals surface area (Å²) in [7, 11) is 0. The summed E-state index contributed by atoms with van der Waals surface area (Å²) < 4.78 is 0. The van der Waals surface area contributed by atoms with Gasteiger partial charge in [0, 0.05) is 29.9 Å². The predicted molar refractivity (Wildman–Crippen MR) is 126 cm³/mol. The molecule has 7 nitrogen and oxygen atoms in total. The molecule has 2 heterocycles. The molecule has 0 unspecified atom stereocenters. The molecule has 1 fully saturated rings. The fraction of sp³-hybridized carbons (Fsp3) is 0.280. The van der Waals surface area contributed by atoms with Crippen LogP contribution in [0.3, 0.4) is 0 Å². The Labute approximate surface area is 187 Å². The molecule has 4 rings (SSSR count). The summed E-state index contributed by atoms with van der Waals surface area (Å²) in [6, 6.07) is 20.2. The second-order valence-corrected chi connectivity index (χ2v) is 7.85. The highest BCUT2D eigenvalue weighted by atomic mass is 16.2. The minimum atomic E-state index is -0.288. The van der Waals surface area contributed by atoms with Crippen LogP contribution in [0, 0.1) is 0 Å². The molecule has 0 spiro atoms. The Morgan fingerprint density at radius 3 is 2.19 bits per heavy atom. The SMILES string of the molecule is O=C(CNC(=O)c1ccccc1)Nc1ccc(-c2ccc(N3CCCCCC3)nn2)cc1. The average molecular weight is 430 g/mol. The molecule has 2 amide bonds. The molecule has 0 radical (unpaired) electrons. The van der Waals surface area contributed by atoms with Crippen molar-refractivity contribution >= 4 is 23.3 Å². The molecule has 32 heavy (non-hydrogen) atoms. The van der Waals surface area contributed by atoms with Crippen molar-refractivity contribution in [3.8, 4) is 11.3 Å². The van der Waals surface area contributed by atoms with Gasteiger partial charge in [-0.3, -0.25) is 9.59 Å². The molecule has 1 saturated heterocycles. The Morgan fingerprint density at radius 2 is 1.53 bits per heavy atom. The average Bonchev–Trinajstić information content (AvgIpc) is 3.13. The van der Waals surface area contributed by atoms with E-state index in [4.69, 9.17) is 0 Å². The van der Waals surface area contributed by atoms with Crippen molar-refractivity contribution in [3.05, 3.63) is 72.3 Å². The fourth-order valence-electron chi connectivity index (χ4n) is 3.73. The van der Waals surface area contributed by atoms with E-state index in [0.29, 0.717) is 11.3 Å². The number of anilines is 2. The quantitative estimate of drug-likeness (QED) is 0.621. The maximum Gasteiger partial charge on any atom is 0.251 e. The first-order valence-electron chi connectivity index (χ1n) is 11.0. The number of carbonyl (C=O) groups excluding carboxylic acids is 2. The number of hydrogen-bond donors (Lipinski definition) is 2. The van der Waals surface area contributed by atoms with E-state index in [0.717, 1.165) is 30.2 Å². The van der Waals surface area contributed by atoms with Crippen LogP contribution in [-0.4, -0.2) is 41.6 Å². The van der Waals surface area contributed by atoms with Gasteiger partial charge in [0.2, 0.25) is 5.91 Å². The van der Waals surface area contributed by atoms with Crippen molar-refractivity contribution in [1.82, 2.24) is 15.5 Å². The van der Waals surface area contributed by atoms with Crippen molar-refractivity contribution in [2.24, 2.45) is 0 Å². The molecule has 7 heteroatoms. The second-order valence-electron chi connectivity index (χ2n) is 7.85. The minimum Gasteiger partial charge on any atom is -0.355 e. The Bertz CT molecular complexity index is 1030. The van der Waals surface area contributed by atoms with Gasteiger partial charge >= 0.3 is 0 Å². The topological polar surface area (TPSA) is 87.2 Å². The number of nitrogens with zero attached hydrogens (tertiary/aromatic N) is 3. The molecule has 3 aromatic rings. The van der Waals surface area contributed by atoms with E-state index in [1.807, 2.05) is 42.5 Å². The van der Waals surface area contributed by atoms with Crippen LogP contribution in [0.2, 0.25) is 0 Å². The Hall–Kier alpha value is -3.74. The predicted octanol–water partition coefficient (Wildman–Crippen LogP) is 3.89. The number of amides is 2. The zero-order chi connectivity index (χ0) is 22.2. The van der Waals surface area contributed by atoms with Crippen molar-refractivity contribution in [1.29, 1.82) is 0 Å². The molecular weight excluding hydrogens is 402 g/mol. The Balaban J connectivity index is 1.30. The van der Waals surface area contributed by atoms with Crippen molar-refractivity contribution in [3.63, 3.8) is 0 Å².